The highest BCUT2D eigenvalue weighted by Gasteiger charge is 2.28. The first kappa shape index (κ1) is 20.8. The van der Waals surface area contributed by atoms with Crippen LogP contribution in [0.5, 0.6) is 0 Å². The van der Waals surface area contributed by atoms with Crippen molar-refractivity contribution in [3.8, 4) is 0 Å². The lowest BCUT2D eigenvalue weighted by Gasteiger charge is -2.40. The number of nitrogens with two attached hydrogens (primary N) is 1. The first-order valence-electron chi connectivity index (χ1n) is 10.2. The van der Waals surface area contributed by atoms with Crippen LogP contribution in [0.3, 0.4) is 0 Å². The second-order valence-electron chi connectivity index (χ2n) is 8.26. The van der Waals surface area contributed by atoms with Crippen molar-refractivity contribution < 1.29 is 9.53 Å². The summed E-state index contributed by atoms with van der Waals surface area (Å²) in [6, 6.07) is 0. The number of nitrogens with zero attached hydrogens (tertiary/aromatic N) is 3. The second kappa shape index (κ2) is 8.75. The molecule has 0 radical (unpaired) electrons. The number of nitrogens with one attached hydrogen (secondary N) is 1. The maximum absolute atomic E-state index is 12.4. The van der Waals surface area contributed by atoms with Crippen LogP contribution in [0, 0.1) is 0 Å². The molecule has 1 aliphatic heterocycles. The third-order valence-electron chi connectivity index (χ3n) is 5.74. The minimum Gasteiger partial charge on any atom is -0.383 e. The molecule has 9 heteroatoms. The van der Waals surface area contributed by atoms with Crippen LogP contribution in [0.25, 0.3) is 10.2 Å². The topological polar surface area (TPSA) is 93.4 Å². The molecule has 2 aromatic rings. The number of aromatic nitrogens is 2. The smallest absolute Gasteiger partial charge is 0.230 e. The van der Waals surface area contributed by atoms with Crippen molar-refractivity contribution in [3.05, 3.63) is 10.4 Å². The van der Waals surface area contributed by atoms with Crippen LogP contribution in [0.1, 0.15) is 37.1 Å². The molecule has 29 heavy (non-hydrogen) atoms. The lowest BCUT2D eigenvalue weighted by molar-refractivity contribution is -0.119. The van der Waals surface area contributed by atoms with Crippen molar-refractivity contribution in [3.63, 3.8) is 0 Å². The summed E-state index contributed by atoms with van der Waals surface area (Å²) < 4.78 is 5.42. The average Bonchev–Trinajstić information content (AvgIpc) is 3.10. The Morgan fingerprint density at radius 1 is 1.28 bits per heavy atom. The number of carbonyl (C=O) groups excluding carboxylic acids is 1. The molecule has 1 aliphatic carbocycles. The molecule has 1 fully saturated rings. The van der Waals surface area contributed by atoms with Crippen LogP contribution in [0.15, 0.2) is 5.16 Å². The number of rotatable bonds is 6. The van der Waals surface area contributed by atoms with Gasteiger partial charge in [0.05, 0.1) is 24.4 Å². The van der Waals surface area contributed by atoms with Crippen LogP contribution in [0.4, 0.5) is 5.82 Å². The molecule has 0 spiro atoms. The van der Waals surface area contributed by atoms with E-state index in [1.165, 1.54) is 35.0 Å². The fraction of sp³-hybridized carbons (Fsp3) is 0.650. The monoisotopic (exact) mass is 435 g/mol. The first-order valence-corrected chi connectivity index (χ1v) is 12.0. The summed E-state index contributed by atoms with van der Waals surface area (Å²) in [5.74, 6) is 0.824. The summed E-state index contributed by atoms with van der Waals surface area (Å²) in [5.41, 5.74) is 7.50. The van der Waals surface area contributed by atoms with Gasteiger partial charge in [0, 0.05) is 30.1 Å². The number of carbonyl (C=O) groups is 1. The molecule has 158 valence electrons. The largest absolute Gasteiger partial charge is 0.383 e. The highest BCUT2D eigenvalue weighted by Crippen LogP contribution is 2.38. The summed E-state index contributed by atoms with van der Waals surface area (Å²) in [5, 5.41) is 4.67. The van der Waals surface area contributed by atoms with E-state index in [1.54, 1.807) is 11.3 Å². The number of aryl methyl sites for hydroxylation is 2. The number of thioether (sulfide) groups is 1. The molecular weight excluding hydrogens is 406 g/mol. The predicted octanol–water partition coefficient (Wildman–Crippen LogP) is 2.47. The Morgan fingerprint density at radius 3 is 2.83 bits per heavy atom. The number of anilines is 1. The maximum atomic E-state index is 12.4. The van der Waals surface area contributed by atoms with E-state index in [0.717, 1.165) is 49.4 Å². The number of thiophene rings is 1. The van der Waals surface area contributed by atoms with E-state index >= 15 is 0 Å². The van der Waals surface area contributed by atoms with Crippen LogP contribution < -0.4 is 11.1 Å². The van der Waals surface area contributed by atoms with Crippen molar-refractivity contribution >= 4 is 45.0 Å². The van der Waals surface area contributed by atoms with Gasteiger partial charge in [-0.25, -0.2) is 9.97 Å². The molecule has 2 aliphatic rings. The molecule has 1 amide bonds. The molecular formula is C20H29N5O2S2. The highest BCUT2D eigenvalue weighted by molar-refractivity contribution is 7.99. The van der Waals surface area contributed by atoms with Gasteiger partial charge < -0.3 is 15.8 Å². The van der Waals surface area contributed by atoms with Crippen molar-refractivity contribution in [1.82, 2.24) is 20.2 Å². The lowest BCUT2D eigenvalue weighted by Crippen LogP contribution is -2.55. The van der Waals surface area contributed by atoms with Gasteiger partial charge in [-0.3, -0.25) is 9.69 Å². The molecule has 4 rings (SSSR count). The first-order chi connectivity index (χ1) is 13.9. The summed E-state index contributed by atoms with van der Waals surface area (Å²) in [6.07, 6.45) is 4.61. The van der Waals surface area contributed by atoms with Gasteiger partial charge in [0.25, 0.3) is 0 Å². The zero-order chi connectivity index (χ0) is 20.4. The van der Waals surface area contributed by atoms with E-state index in [2.05, 4.69) is 34.0 Å². The fourth-order valence-corrected chi connectivity index (χ4v) is 6.01. The fourth-order valence-electron chi connectivity index (χ4n) is 4.01. The van der Waals surface area contributed by atoms with E-state index in [9.17, 15) is 4.79 Å². The summed E-state index contributed by atoms with van der Waals surface area (Å²) in [6.45, 7) is 8.21. The Labute approximate surface area is 179 Å². The number of nitrogen functional groups attached to an aromatic ring is 1. The van der Waals surface area contributed by atoms with Crippen molar-refractivity contribution in [2.45, 2.75) is 50.2 Å². The standard InChI is InChI=1S/C20H29N5O2S2/c1-20(2,25-7-9-27-10-8-25)12-22-15(26)11-28-19-23-17(21)16-13-5-3-4-6-14(13)29-18(16)24-19/h3-12H2,1-2H3,(H,22,26)(H2,21,23,24). The van der Waals surface area contributed by atoms with E-state index in [-0.39, 0.29) is 17.2 Å². The van der Waals surface area contributed by atoms with Crippen LogP contribution in [0.2, 0.25) is 0 Å². The Kier molecular flexibility index (Phi) is 6.29. The lowest BCUT2D eigenvalue weighted by atomic mass is 9.97. The number of morpholine rings is 1. The molecule has 2 aromatic heterocycles. The number of hydrogen-bond donors (Lipinski definition) is 2. The molecule has 0 saturated carbocycles. The van der Waals surface area contributed by atoms with Crippen molar-refractivity contribution in [1.29, 1.82) is 0 Å². The van der Waals surface area contributed by atoms with Gasteiger partial charge >= 0.3 is 0 Å². The van der Waals surface area contributed by atoms with Crippen LogP contribution in [-0.2, 0) is 22.4 Å². The van der Waals surface area contributed by atoms with Gasteiger partial charge in [0.1, 0.15) is 10.6 Å². The molecule has 1 saturated heterocycles. The number of hydrogen-bond acceptors (Lipinski definition) is 8. The van der Waals surface area contributed by atoms with Gasteiger partial charge in [0.15, 0.2) is 5.16 Å². The zero-order valence-corrected chi connectivity index (χ0v) is 18.8. The Hall–Kier alpha value is -1.42. The number of amides is 1. The molecule has 3 heterocycles. The number of ether oxygens (including phenoxy) is 1. The molecule has 3 N–H and O–H groups in total. The summed E-state index contributed by atoms with van der Waals surface area (Å²) in [4.78, 5) is 26.3. The van der Waals surface area contributed by atoms with Gasteiger partial charge in [-0.1, -0.05) is 11.8 Å². The highest BCUT2D eigenvalue weighted by atomic mass is 32.2. The van der Waals surface area contributed by atoms with E-state index < -0.39 is 0 Å². The normalized spacial score (nSPS) is 18.0. The third kappa shape index (κ3) is 4.68. The van der Waals surface area contributed by atoms with E-state index in [1.807, 2.05) is 0 Å². The van der Waals surface area contributed by atoms with Crippen LogP contribution >= 0.6 is 23.1 Å². The maximum Gasteiger partial charge on any atom is 0.230 e. The van der Waals surface area contributed by atoms with Gasteiger partial charge in [-0.15, -0.1) is 11.3 Å². The second-order valence-corrected chi connectivity index (χ2v) is 10.3. The van der Waals surface area contributed by atoms with E-state index in [0.29, 0.717) is 17.5 Å². The zero-order valence-electron chi connectivity index (χ0n) is 17.1. The SMILES string of the molecule is CC(C)(CNC(=O)CSc1nc(N)c2c3c(sc2n1)CCCC3)N1CCOCC1. The minimum atomic E-state index is -0.0972. The summed E-state index contributed by atoms with van der Waals surface area (Å²) in [7, 11) is 0. The summed E-state index contributed by atoms with van der Waals surface area (Å²) >= 11 is 3.08. The molecule has 0 aromatic carbocycles. The van der Waals surface area contributed by atoms with Gasteiger partial charge in [-0.2, -0.15) is 0 Å². The Bertz CT molecular complexity index is 893. The Morgan fingerprint density at radius 2 is 2.03 bits per heavy atom. The quantitative estimate of drug-likeness (QED) is 0.532. The van der Waals surface area contributed by atoms with Gasteiger partial charge in [-0.05, 0) is 45.1 Å². The average molecular weight is 436 g/mol. The predicted molar refractivity (Wildman–Crippen MR) is 119 cm³/mol. The minimum absolute atomic E-state index is 0.0101. The van der Waals surface area contributed by atoms with Crippen molar-refractivity contribution in [2.24, 2.45) is 0 Å². The van der Waals surface area contributed by atoms with Gasteiger partial charge in [0.2, 0.25) is 5.91 Å². The molecule has 0 unspecified atom stereocenters. The number of fused-ring (bicyclic) bond motifs is 3. The molecule has 0 bridgehead atoms. The van der Waals surface area contributed by atoms with E-state index in [4.69, 9.17) is 10.5 Å². The molecule has 0 atom stereocenters. The molecule has 7 nitrogen and oxygen atoms in total. The van der Waals surface area contributed by atoms with Crippen molar-refractivity contribution in [2.75, 3.05) is 44.3 Å². The van der Waals surface area contributed by atoms with Crippen LogP contribution in [-0.4, -0.2) is 64.9 Å². The Balaban J connectivity index is 1.35. The third-order valence-corrected chi connectivity index (χ3v) is 7.77.